The summed E-state index contributed by atoms with van der Waals surface area (Å²) in [5.74, 6) is -1.57. The molecule has 13 heteroatoms. The molecule has 290 valence electrons. The molecule has 5 aromatic carbocycles. The third kappa shape index (κ3) is 7.61. The highest BCUT2D eigenvalue weighted by Gasteiger charge is 2.53. The molecule has 0 spiro atoms. The number of halogens is 1. The molecule has 1 aromatic heterocycles. The van der Waals surface area contributed by atoms with Crippen LogP contribution in [0.1, 0.15) is 39.6 Å². The van der Waals surface area contributed by atoms with Gasteiger partial charge >= 0.3 is 5.97 Å². The number of aromatic nitrogens is 1. The number of hydrogen-bond acceptors (Lipinski definition) is 10. The molecular formula is C45H36FN5O5S2. The second-order valence-corrected chi connectivity index (χ2v) is 15.3. The maximum Gasteiger partial charge on any atom is 0.355 e. The number of carbonyl (C=O) groups excluding carboxylic acids is 3. The number of thiazole rings is 1. The smallest absolute Gasteiger partial charge is 0.355 e. The minimum atomic E-state index is -1.29. The van der Waals surface area contributed by atoms with Crippen LogP contribution in [0.4, 0.5) is 9.52 Å². The highest BCUT2D eigenvalue weighted by molar-refractivity contribution is 8.00. The van der Waals surface area contributed by atoms with Crippen LogP contribution in [0.15, 0.2) is 174 Å². The summed E-state index contributed by atoms with van der Waals surface area (Å²) >= 11 is 2.61. The third-order valence-corrected chi connectivity index (χ3v) is 11.8. The number of hydrogen-bond donors (Lipinski definition) is 2. The van der Waals surface area contributed by atoms with E-state index in [0.29, 0.717) is 10.9 Å². The molecule has 2 atom stereocenters. The number of rotatable bonds is 14. The van der Waals surface area contributed by atoms with Gasteiger partial charge in [-0.2, -0.15) is 0 Å². The Balaban J connectivity index is 1.02. The summed E-state index contributed by atoms with van der Waals surface area (Å²) in [4.78, 5) is 52.2. The molecular weight excluding hydrogens is 774 g/mol. The fraction of sp³-hybridized carbons (Fsp3) is 0.133. The molecule has 10 nitrogen and oxygen atoms in total. The van der Waals surface area contributed by atoms with Crippen LogP contribution in [0, 0.1) is 0 Å². The first-order chi connectivity index (χ1) is 28.5. The van der Waals surface area contributed by atoms with Crippen molar-refractivity contribution in [1.29, 1.82) is 0 Å². The van der Waals surface area contributed by atoms with Gasteiger partial charge in [0.2, 0.25) is 0 Å². The van der Waals surface area contributed by atoms with E-state index >= 15 is 0 Å². The van der Waals surface area contributed by atoms with Crippen molar-refractivity contribution in [3.63, 3.8) is 0 Å². The summed E-state index contributed by atoms with van der Waals surface area (Å²) in [5.41, 5.74) is 3.38. The molecule has 0 bridgehead atoms. The number of oxime groups is 1. The van der Waals surface area contributed by atoms with Gasteiger partial charge < -0.3 is 20.2 Å². The fourth-order valence-electron chi connectivity index (χ4n) is 7.17. The molecule has 6 aromatic rings. The Morgan fingerprint density at radius 3 is 1.84 bits per heavy atom. The Labute approximate surface area is 342 Å². The number of fused-ring (bicyclic) bond motifs is 1. The number of anilines is 1. The normalized spacial score (nSPS) is 16.4. The first-order valence-electron chi connectivity index (χ1n) is 18.4. The monoisotopic (exact) mass is 809 g/mol. The molecule has 0 radical (unpaired) electrons. The van der Waals surface area contributed by atoms with Crippen LogP contribution >= 0.6 is 23.1 Å². The molecule has 2 N–H and O–H groups in total. The summed E-state index contributed by atoms with van der Waals surface area (Å²) in [6.07, 6.45) is 0.944. The van der Waals surface area contributed by atoms with Gasteiger partial charge in [-0.05, 0) is 33.9 Å². The molecule has 2 aliphatic rings. The van der Waals surface area contributed by atoms with Crippen molar-refractivity contribution in [2.24, 2.45) is 5.16 Å². The predicted octanol–water partition coefficient (Wildman–Crippen LogP) is 7.81. The summed E-state index contributed by atoms with van der Waals surface area (Å²) in [5, 5.41) is 11.7. The zero-order chi connectivity index (χ0) is 39.9. The van der Waals surface area contributed by atoms with Gasteiger partial charge in [0, 0.05) is 11.1 Å². The summed E-state index contributed by atoms with van der Waals surface area (Å²) in [6, 6.07) is 47.6. The number of esters is 1. The van der Waals surface area contributed by atoms with Crippen molar-refractivity contribution in [3.05, 3.63) is 202 Å². The van der Waals surface area contributed by atoms with Crippen LogP contribution < -0.4 is 10.6 Å². The maximum atomic E-state index is 13.9. The zero-order valence-electron chi connectivity index (χ0n) is 30.8. The van der Waals surface area contributed by atoms with Crippen molar-refractivity contribution in [2.75, 3.05) is 17.9 Å². The van der Waals surface area contributed by atoms with Crippen molar-refractivity contribution >= 4 is 51.7 Å². The van der Waals surface area contributed by atoms with Crippen molar-refractivity contribution < 1.29 is 28.3 Å². The van der Waals surface area contributed by atoms with Crippen LogP contribution in [0.25, 0.3) is 0 Å². The lowest BCUT2D eigenvalue weighted by atomic mass is 9.77. The molecule has 1 saturated heterocycles. The van der Waals surface area contributed by atoms with Crippen molar-refractivity contribution in [2.45, 2.75) is 23.1 Å². The second-order valence-electron chi connectivity index (χ2n) is 13.3. The largest absolute Gasteiger partial charge is 0.448 e. The molecule has 8 rings (SSSR count). The zero-order valence-corrected chi connectivity index (χ0v) is 32.4. The molecule has 3 heterocycles. The van der Waals surface area contributed by atoms with Crippen LogP contribution in [0.3, 0.4) is 0 Å². The second kappa shape index (κ2) is 17.3. The van der Waals surface area contributed by atoms with Gasteiger partial charge in [0.1, 0.15) is 28.3 Å². The Morgan fingerprint density at radius 1 is 0.810 bits per heavy atom. The highest BCUT2D eigenvalue weighted by Crippen LogP contribution is 2.41. The SMILES string of the molecule is O=C(OC(c1ccccc1)c1ccccc1)C1=CCS[C@@H]2[C@H](NC(=O)/C(=N\OCF)c3csc(NC(c4ccccc4)(c4ccccc4)c4ccccc4)n3)C(=O)N12. The van der Waals surface area contributed by atoms with E-state index in [1.54, 1.807) is 11.5 Å². The number of ether oxygens (including phenoxy) is 1. The lowest BCUT2D eigenvalue weighted by molar-refractivity contribution is -0.154. The van der Waals surface area contributed by atoms with Gasteiger partial charge in [0.15, 0.2) is 16.9 Å². The molecule has 2 aliphatic heterocycles. The Bertz CT molecular complexity index is 2300. The first kappa shape index (κ1) is 38.3. The van der Waals surface area contributed by atoms with E-state index < -0.39 is 47.7 Å². The first-order valence-corrected chi connectivity index (χ1v) is 20.3. The number of carbonyl (C=O) groups is 3. The van der Waals surface area contributed by atoms with Gasteiger partial charge in [-0.25, -0.2) is 14.2 Å². The molecule has 58 heavy (non-hydrogen) atoms. The average molecular weight is 810 g/mol. The maximum absolute atomic E-state index is 13.9. The van der Waals surface area contributed by atoms with Crippen molar-refractivity contribution in [1.82, 2.24) is 15.2 Å². The summed E-state index contributed by atoms with van der Waals surface area (Å²) in [7, 11) is 0. The van der Waals surface area contributed by atoms with Crippen LogP contribution in [-0.4, -0.2) is 57.4 Å². The Morgan fingerprint density at radius 2 is 1.33 bits per heavy atom. The lowest BCUT2D eigenvalue weighted by Crippen LogP contribution is -2.70. The molecule has 0 saturated carbocycles. The quantitative estimate of drug-likeness (QED) is 0.0376. The topological polar surface area (TPSA) is 122 Å². The van der Waals surface area contributed by atoms with E-state index in [1.807, 2.05) is 152 Å². The standard InChI is InChI=1S/C45H36FN5O5S2/c46-29-55-50-37(35-28-58-44(47-35)49-45(32-20-10-3-11-21-32,33-22-12-4-13-23-33)34-24-14-5-15-25-34)40(52)48-38-41(53)51-36(26-27-57-42(38)51)43(54)56-39(30-16-6-1-7-17-30)31-18-8-2-9-19-31/h1-26,28,38-39,42H,27,29H2,(H,47,49)(H,48,52)/b50-37-/t38-,42-/m1/s1. The van der Waals surface area contributed by atoms with E-state index in [1.165, 1.54) is 28.0 Å². The van der Waals surface area contributed by atoms with Gasteiger partial charge in [-0.15, -0.1) is 23.1 Å². The van der Waals surface area contributed by atoms with E-state index in [9.17, 15) is 18.8 Å². The molecule has 0 unspecified atom stereocenters. The number of benzene rings is 5. The number of β-lactam (4-membered cyclic amide) rings is 1. The number of nitrogens with one attached hydrogen (secondary N) is 2. The summed E-state index contributed by atoms with van der Waals surface area (Å²) in [6.45, 7) is -1.29. The Hall–Kier alpha value is -6.57. The number of amides is 2. The lowest BCUT2D eigenvalue weighted by Gasteiger charge is -2.48. The van der Waals surface area contributed by atoms with Gasteiger partial charge in [-0.1, -0.05) is 157 Å². The van der Waals surface area contributed by atoms with Gasteiger partial charge in [0.25, 0.3) is 18.7 Å². The highest BCUT2D eigenvalue weighted by atomic mass is 32.2. The molecule has 0 aliphatic carbocycles. The van der Waals surface area contributed by atoms with Gasteiger partial charge in [-0.3, -0.25) is 14.5 Å². The number of nitrogens with zero attached hydrogens (tertiary/aromatic N) is 3. The van der Waals surface area contributed by atoms with Crippen LogP contribution in [-0.2, 0) is 29.5 Å². The molecule has 1 fully saturated rings. The van der Waals surface area contributed by atoms with Crippen LogP contribution in [0.5, 0.6) is 0 Å². The molecule has 2 amide bonds. The van der Waals surface area contributed by atoms with E-state index in [-0.39, 0.29) is 17.1 Å². The minimum absolute atomic E-state index is 0.0970. The number of thioether (sulfide) groups is 1. The summed E-state index contributed by atoms with van der Waals surface area (Å²) < 4.78 is 19.4. The predicted molar refractivity (Wildman–Crippen MR) is 222 cm³/mol. The third-order valence-electron chi connectivity index (χ3n) is 9.85. The number of alkyl halides is 1. The fourth-order valence-corrected chi connectivity index (χ4v) is 9.11. The van der Waals surface area contributed by atoms with E-state index in [0.717, 1.165) is 27.8 Å². The van der Waals surface area contributed by atoms with Crippen LogP contribution in [0.2, 0.25) is 0 Å². The van der Waals surface area contributed by atoms with Crippen molar-refractivity contribution in [3.8, 4) is 0 Å². The minimum Gasteiger partial charge on any atom is -0.448 e. The van der Waals surface area contributed by atoms with E-state index in [4.69, 9.17) is 14.6 Å². The van der Waals surface area contributed by atoms with Gasteiger partial charge in [0.05, 0.1) is 0 Å². The van der Waals surface area contributed by atoms with E-state index in [2.05, 4.69) is 15.8 Å². The Kier molecular flexibility index (Phi) is 11.4. The average Bonchev–Trinajstić information content (AvgIpc) is 3.75.